The van der Waals surface area contributed by atoms with Crippen molar-refractivity contribution in [1.29, 1.82) is 0 Å². The SMILES string of the molecule is CCOc1ccc(S(=O)(=O)Nc2cc(Cl)ccc2O)c2ccccc12. The van der Waals surface area contributed by atoms with Crippen LogP contribution in [0.25, 0.3) is 10.8 Å². The van der Waals surface area contributed by atoms with Gasteiger partial charge in [-0.2, -0.15) is 0 Å². The summed E-state index contributed by atoms with van der Waals surface area (Å²) in [6.45, 7) is 2.34. The van der Waals surface area contributed by atoms with Gasteiger partial charge in [0.15, 0.2) is 0 Å². The Bertz CT molecular complexity index is 1030. The Hall–Kier alpha value is -2.44. The highest BCUT2D eigenvalue weighted by Crippen LogP contribution is 2.34. The predicted molar refractivity (Wildman–Crippen MR) is 99.0 cm³/mol. The number of hydrogen-bond donors (Lipinski definition) is 2. The molecule has 0 aliphatic carbocycles. The molecule has 0 bridgehead atoms. The molecule has 0 radical (unpaired) electrons. The van der Waals surface area contributed by atoms with Crippen molar-refractivity contribution in [2.45, 2.75) is 11.8 Å². The molecule has 0 aliphatic heterocycles. The van der Waals surface area contributed by atoms with Crippen LogP contribution in [0.3, 0.4) is 0 Å². The van der Waals surface area contributed by atoms with Gasteiger partial charge in [0.05, 0.1) is 17.2 Å². The van der Waals surface area contributed by atoms with Gasteiger partial charge in [-0.25, -0.2) is 8.42 Å². The molecular formula is C18H16ClNO4S. The molecule has 5 nitrogen and oxygen atoms in total. The zero-order valence-corrected chi connectivity index (χ0v) is 14.9. The molecule has 3 rings (SSSR count). The van der Waals surface area contributed by atoms with Crippen molar-refractivity contribution in [2.24, 2.45) is 0 Å². The van der Waals surface area contributed by atoms with E-state index < -0.39 is 10.0 Å². The zero-order chi connectivity index (χ0) is 18.0. The fraction of sp³-hybridized carbons (Fsp3) is 0.111. The van der Waals surface area contributed by atoms with Crippen LogP contribution >= 0.6 is 11.6 Å². The molecule has 0 saturated carbocycles. The molecule has 25 heavy (non-hydrogen) atoms. The number of rotatable bonds is 5. The van der Waals surface area contributed by atoms with Crippen molar-refractivity contribution >= 4 is 38.1 Å². The van der Waals surface area contributed by atoms with Crippen LogP contribution in [0.4, 0.5) is 5.69 Å². The molecule has 0 atom stereocenters. The number of fused-ring (bicyclic) bond motifs is 1. The quantitative estimate of drug-likeness (QED) is 0.646. The summed E-state index contributed by atoms with van der Waals surface area (Å²) in [6.07, 6.45) is 0. The number of aromatic hydroxyl groups is 1. The van der Waals surface area contributed by atoms with Crippen LogP contribution in [-0.2, 0) is 10.0 Å². The van der Waals surface area contributed by atoms with E-state index in [1.807, 2.05) is 13.0 Å². The summed E-state index contributed by atoms with van der Waals surface area (Å²) >= 11 is 5.88. The molecule has 0 heterocycles. The molecule has 2 N–H and O–H groups in total. The Kier molecular flexibility index (Phi) is 4.74. The Morgan fingerprint density at radius 1 is 1.08 bits per heavy atom. The maximum Gasteiger partial charge on any atom is 0.262 e. The number of halogens is 1. The average Bonchev–Trinajstić information content (AvgIpc) is 2.58. The Morgan fingerprint density at radius 2 is 1.80 bits per heavy atom. The summed E-state index contributed by atoms with van der Waals surface area (Å²) < 4.78 is 33.6. The Morgan fingerprint density at radius 3 is 2.52 bits per heavy atom. The molecule has 130 valence electrons. The van der Waals surface area contributed by atoms with Crippen molar-refractivity contribution in [3.05, 3.63) is 59.6 Å². The van der Waals surface area contributed by atoms with Gasteiger partial charge in [-0.3, -0.25) is 4.72 Å². The highest BCUT2D eigenvalue weighted by atomic mass is 35.5. The number of hydrogen-bond acceptors (Lipinski definition) is 4. The highest BCUT2D eigenvalue weighted by molar-refractivity contribution is 7.93. The van der Waals surface area contributed by atoms with E-state index >= 15 is 0 Å². The first-order chi connectivity index (χ1) is 11.9. The minimum absolute atomic E-state index is 0.0189. The lowest BCUT2D eigenvalue weighted by Crippen LogP contribution is -2.13. The minimum Gasteiger partial charge on any atom is -0.506 e. The van der Waals surface area contributed by atoms with Crippen LogP contribution in [0.15, 0.2) is 59.5 Å². The Balaban J connectivity index is 2.12. The number of phenolic OH excluding ortho intramolecular Hbond substituents is 1. The smallest absolute Gasteiger partial charge is 0.262 e. The molecule has 0 unspecified atom stereocenters. The summed E-state index contributed by atoms with van der Waals surface area (Å²) in [6, 6.07) is 14.4. The third kappa shape index (κ3) is 3.50. The van der Waals surface area contributed by atoms with E-state index in [1.165, 1.54) is 24.3 Å². The van der Waals surface area contributed by atoms with Gasteiger partial charge in [0.2, 0.25) is 0 Å². The second-order valence-corrected chi connectivity index (χ2v) is 7.39. The number of phenols is 1. The standard InChI is InChI=1S/C18H16ClNO4S/c1-2-24-17-9-10-18(14-6-4-3-5-13(14)17)25(22,23)20-15-11-12(19)7-8-16(15)21/h3-11,20-21H,2H2,1H3. The number of nitrogens with one attached hydrogen (secondary N) is 1. The van der Waals surface area contributed by atoms with Crippen molar-refractivity contribution in [2.75, 3.05) is 11.3 Å². The van der Waals surface area contributed by atoms with Crippen LogP contribution in [0.1, 0.15) is 6.92 Å². The molecule has 7 heteroatoms. The van der Waals surface area contributed by atoms with Gasteiger partial charge in [0.25, 0.3) is 10.0 Å². The maximum atomic E-state index is 12.8. The molecule has 0 amide bonds. The van der Waals surface area contributed by atoms with E-state index in [-0.39, 0.29) is 16.3 Å². The summed E-state index contributed by atoms with van der Waals surface area (Å²) in [7, 11) is -3.94. The van der Waals surface area contributed by atoms with E-state index in [2.05, 4.69) is 4.72 Å². The largest absolute Gasteiger partial charge is 0.506 e. The van der Waals surface area contributed by atoms with E-state index in [0.29, 0.717) is 28.2 Å². The van der Waals surface area contributed by atoms with Crippen molar-refractivity contribution in [3.8, 4) is 11.5 Å². The molecule has 0 aromatic heterocycles. The monoisotopic (exact) mass is 377 g/mol. The van der Waals surface area contributed by atoms with Crippen LogP contribution < -0.4 is 9.46 Å². The fourth-order valence-electron chi connectivity index (χ4n) is 2.55. The molecule has 3 aromatic rings. The first-order valence-electron chi connectivity index (χ1n) is 7.58. The van der Waals surface area contributed by atoms with Crippen LogP contribution in [0.2, 0.25) is 5.02 Å². The summed E-state index contributed by atoms with van der Waals surface area (Å²) in [4.78, 5) is 0.0888. The van der Waals surface area contributed by atoms with Gasteiger partial charge in [-0.1, -0.05) is 35.9 Å². The molecular weight excluding hydrogens is 362 g/mol. The molecule has 0 spiro atoms. The zero-order valence-electron chi connectivity index (χ0n) is 13.4. The van der Waals surface area contributed by atoms with Gasteiger partial charge in [0.1, 0.15) is 11.5 Å². The first kappa shape index (κ1) is 17.4. The molecule has 0 saturated heterocycles. The third-order valence-corrected chi connectivity index (χ3v) is 5.30. The van der Waals surface area contributed by atoms with Gasteiger partial charge in [0, 0.05) is 15.8 Å². The van der Waals surface area contributed by atoms with Crippen molar-refractivity contribution in [1.82, 2.24) is 0 Å². The number of sulfonamides is 1. The lowest BCUT2D eigenvalue weighted by atomic mass is 10.1. The van der Waals surface area contributed by atoms with E-state index in [9.17, 15) is 13.5 Å². The lowest BCUT2D eigenvalue weighted by molar-refractivity contribution is 0.344. The average molecular weight is 378 g/mol. The van der Waals surface area contributed by atoms with Crippen LogP contribution in [0.5, 0.6) is 11.5 Å². The highest BCUT2D eigenvalue weighted by Gasteiger charge is 2.20. The summed E-state index contributed by atoms with van der Waals surface area (Å²) in [5.74, 6) is 0.408. The summed E-state index contributed by atoms with van der Waals surface area (Å²) in [5, 5.41) is 11.4. The topological polar surface area (TPSA) is 75.6 Å². The minimum atomic E-state index is -3.94. The van der Waals surface area contributed by atoms with Crippen molar-refractivity contribution in [3.63, 3.8) is 0 Å². The van der Waals surface area contributed by atoms with Crippen LogP contribution in [0, 0.1) is 0 Å². The predicted octanol–water partition coefficient (Wildman–Crippen LogP) is 4.40. The maximum absolute atomic E-state index is 12.8. The first-order valence-corrected chi connectivity index (χ1v) is 9.44. The van der Waals surface area contributed by atoms with Crippen molar-refractivity contribution < 1.29 is 18.3 Å². The van der Waals surface area contributed by atoms with E-state index in [4.69, 9.17) is 16.3 Å². The fourth-order valence-corrected chi connectivity index (χ4v) is 4.00. The van der Waals surface area contributed by atoms with Gasteiger partial charge in [-0.05, 0) is 37.3 Å². The van der Waals surface area contributed by atoms with Crippen LogP contribution in [-0.4, -0.2) is 20.1 Å². The number of benzene rings is 3. The number of anilines is 1. The van der Waals surface area contributed by atoms with E-state index in [1.54, 1.807) is 24.3 Å². The Labute approximate surface area is 150 Å². The second-order valence-electron chi connectivity index (χ2n) is 5.31. The third-order valence-electron chi connectivity index (χ3n) is 3.64. The van der Waals surface area contributed by atoms with Gasteiger partial charge >= 0.3 is 0 Å². The lowest BCUT2D eigenvalue weighted by Gasteiger charge is -2.14. The van der Waals surface area contributed by atoms with Gasteiger partial charge in [-0.15, -0.1) is 0 Å². The second kappa shape index (κ2) is 6.82. The summed E-state index contributed by atoms with van der Waals surface area (Å²) in [5.41, 5.74) is 0.0189. The molecule has 0 aliphatic rings. The van der Waals surface area contributed by atoms with Gasteiger partial charge < -0.3 is 9.84 Å². The normalized spacial score (nSPS) is 11.4. The molecule has 3 aromatic carbocycles. The van der Waals surface area contributed by atoms with E-state index in [0.717, 1.165) is 0 Å². The molecule has 0 fully saturated rings. The number of ether oxygens (including phenoxy) is 1.